The van der Waals surface area contributed by atoms with Gasteiger partial charge in [-0.15, -0.1) is 0 Å². The van der Waals surface area contributed by atoms with Crippen LogP contribution in [0.1, 0.15) is 33.1 Å². The average Bonchev–Trinajstić information content (AvgIpc) is 2.56. The number of aliphatic carboxylic acids is 1. The maximum Gasteiger partial charge on any atom is 0.168 e. The molecule has 1 aliphatic heterocycles. The van der Waals surface area contributed by atoms with Crippen LogP contribution in [0, 0.1) is 11.3 Å². The molecule has 0 N–H and O–H groups in total. The molecule has 15 heavy (non-hydrogen) atoms. The average molecular weight is 213 g/mol. The Morgan fingerprint density at radius 3 is 2.40 bits per heavy atom. The van der Waals surface area contributed by atoms with E-state index < -0.39 is 17.7 Å². The molecule has 2 fully saturated rings. The maximum absolute atomic E-state index is 10.7. The number of carbonyl (C=O) groups excluding carboxylic acids is 1. The highest BCUT2D eigenvalue weighted by molar-refractivity contribution is 5.68. The summed E-state index contributed by atoms with van der Waals surface area (Å²) < 4.78 is 11.4. The highest BCUT2D eigenvalue weighted by atomic mass is 16.7. The first-order chi connectivity index (χ1) is 6.93. The van der Waals surface area contributed by atoms with Crippen molar-refractivity contribution in [3.63, 3.8) is 0 Å². The van der Waals surface area contributed by atoms with E-state index in [1.807, 2.05) is 0 Å². The van der Waals surface area contributed by atoms with Gasteiger partial charge in [-0.05, 0) is 6.42 Å². The zero-order chi connectivity index (χ0) is 11.1. The summed E-state index contributed by atoms with van der Waals surface area (Å²) in [4.78, 5) is 10.7. The highest BCUT2D eigenvalue weighted by Crippen LogP contribution is 2.42. The Morgan fingerprint density at radius 2 is 1.93 bits per heavy atom. The number of hydrogen-bond donors (Lipinski definition) is 0. The van der Waals surface area contributed by atoms with Crippen LogP contribution in [0.2, 0.25) is 0 Å². The van der Waals surface area contributed by atoms with Crippen LogP contribution in [0.3, 0.4) is 0 Å². The van der Waals surface area contributed by atoms with Crippen molar-refractivity contribution in [2.45, 2.75) is 38.9 Å². The molecule has 0 aromatic rings. The molecule has 4 nitrogen and oxygen atoms in total. The number of carboxylic acid groups (broad SMARTS) is 1. The predicted octanol–water partition coefficient (Wildman–Crippen LogP) is 0.306. The first kappa shape index (κ1) is 10.9. The fourth-order valence-electron chi connectivity index (χ4n) is 2.17. The van der Waals surface area contributed by atoms with Gasteiger partial charge in [0.15, 0.2) is 5.79 Å². The molecular formula is C11H17O4-. The van der Waals surface area contributed by atoms with Gasteiger partial charge in [0.2, 0.25) is 0 Å². The molecule has 0 aromatic heterocycles. The minimum Gasteiger partial charge on any atom is -0.550 e. The Hall–Kier alpha value is -0.610. The maximum atomic E-state index is 10.7. The highest BCUT2D eigenvalue weighted by Gasteiger charge is 2.46. The van der Waals surface area contributed by atoms with Crippen molar-refractivity contribution in [2.24, 2.45) is 11.3 Å². The molecule has 86 valence electrons. The zero-order valence-corrected chi connectivity index (χ0v) is 9.25. The monoisotopic (exact) mass is 213 g/mol. The summed E-state index contributed by atoms with van der Waals surface area (Å²) in [5.41, 5.74) is 0.0325. The van der Waals surface area contributed by atoms with Crippen LogP contribution in [0.4, 0.5) is 0 Å². The van der Waals surface area contributed by atoms with Crippen LogP contribution in [0.15, 0.2) is 0 Å². The van der Waals surface area contributed by atoms with Gasteiger partial charge in [-0.3, -0.25) is 0 Å². The second-order valence-corrected chi connectivity index (χ2v) is 5.41. The van der Waals surface area contributed by atoms with E-state index in [1.165, 1.54) is 0 Å². The van der Waals surface area contributed by atoms with Crippen LogP contribution >= 0.6 is 0 Å². The molecule has 0 unspecified atom stereocenters. The normalized spacial score (nSPS) is 33.1. The van der Waals surface area contributed by atoms with Gasteiger partial charge >= 0.3 is 0 Å². The smallest absolute Gasteiger partial charge is 0.168 e. The van der Waals surface area contributed by atoms with Crippen LogP contribution < -0.4 is 5.11 Å². The van der Waals surface area contributed by atoms with Gasteiger partial charge in [0.1, 0.15) is 0 Å². The SMILES string of the molecule is CC1(C)COC2(CC[C@H](C(=O)[O-])C2)OC1. The van der Waals surface area contributed by atoms with Crippen LogP contribution in [-0.2, 0) is 14.3 Å². The summed E-state index contributed by atoms with van der Waals surface area (Å²) in [5, 5.41) is 10.7. The van der Waals surface area contributed by atoms with Crippen molar-refractivity contribution in [3.8, 4) is 0 Å². The van der Waals surface area contributed by atoms with E-state index in [4.69, 9.17) is 9.47 Å². The van der Waals surface area contributed by atoms with E-state index >= 15 is 0 Å². The number of hydrogen-bond acceptors (Lipinski definition) is 4. The van der Waals surface area contributed by atoms with Crippen LogP contribution in [-0.4, -0.2) is 25.0 Å². The lowest BCUT2D eigenvalue weighted by Crippen LogP contribution is -2.46. The molecule has 0 radical (unpaired) electrons. The molecule has 0 amide bonds. The van der Waals surface area contributed by atoms with Crippen molar-refractivity contribution in [1.82, 2.24) is 0 Å². The standard InChI is InChI=1S/C11H18O4/c1-10(2)6-14-11(15-7-10)4-3-8(5-11)9(12)13/h8H,3-7H2,1-2H3,(H,12,13)/p-1/t8-/m0/s1. The molecule has 0 aromatic carbocycles. The molecule has 1 atom stereocenters. The fourth-order valence-corrected chi connectivity index (χ4v) is 2.17. The second-order valence-electron chi connectivity index (χ2n) is 5.41. The number of carbonyl (C=O) groups is 1. The summed E-state index contributed by atoms with van der Waals surface area (Å²) in [6.07, 6.45) is 1.70. The lowest BCUT2D eigenvalue weighted by Gasteiger charge is -2.41. The quantitative estimate of drug-likeness (QED) is 0.629. The third kappa shape index (κ3) is 2.16. The van der Waals surface area contributed by atoms with Gasteiger partial charge < -0.3 is 19.4 Å². The molecule has 0 bridgehead atoms. The molecule has 1 spiro atoms. The summed E-state index contributed by atoms with van der Waals surface area (Å²) >= 11 is 0. The predicted molar refractivity (Wildman–Crippen MR) is 50.8 cm³/mol. The van der Waals surface area contributed by atoms with Crippen LogP contribution in [0.25, 0.3) is 0 Å². The molecule has 1 heterocycles. The van der Waals surface area contributed by atoms with E-state index in [1.54, 1.807) is 0 Å². The second kappa shape index (κ2) is 3.46. The zero-order valence-electron chi connectivity index (χ0n) is 9.25. The third-order valence-corrected chi connectivity index (χ3v) is 3.22. The van der Waals surface area contributed by atoms with Crippen molar-refractivity contribution in [1.29, 1.82) is 0 Å². The summed E-state index contributed by atoms with van der Waals surface area (Å²) in [6, 6.07) is 0. The van der Waals surface area contributed by atoms with Crippen LogP contribution in [0.5, 0.6) is 0 Å². The number of ether oxygens (including phenoxy) is 2. The van der Waals surface area contributed by atoms with Gasteiger partial charge in [-0.1, -0.05) is 13.8 Å². The largest absolute Gasteiger partial charge is 0.550 e. The molecule has 1 saturated carbocycles. The van der Waals surface area contributed by atoms with Gasteiger partial charge in [0, 0.05) is 30.1 Å². The van der Waals surface area contributed by atoms with E-state index in [2.05, 4.69) is 13.8 Å². The minimum atomic E-state index is -0.982. The van der Waals surface area contributed by atoms with E-state index in [0.717, 1.165) is 0 Å². The molecule has 4 heteroatoms. The molecule has 2 rings (SSSR count). The van der Waals surface area contributed by atoms with E-state index in [-0.39, 0.29) is 5.41 Å². The summed E-state index contributed by atoms with van der Waals surface area (Å²) in [5.74, 6) is -2.03. The molecular weight excluding hydrogens is 196 g/mol. The van der Waals surface area contributed by atoms with Gasteiger partial charge in [0.05, 0.1) is 13.2 Å². The minimum absolute atomic E-state index is 0.0325. The Kier molecular flexibility index (Phi) is 2.51. The van der Waals surface area contributed by atoms with E-state index in [9.17, 15) is 9.90 Å². The molecule has 2 aliphatic rings. The molecule has 1 aliphatic carbocycles. The first-order valence-corrected chi connectivity index (χ1v) is 5.41. The summed E-state index contributed by atoms with van der Waals surface area (Å²) in [6.45, 7) is 5.41. The van der Waals surface area contributed by atoms with Crippen molar-refractivity contribution in [2.75, 3.05) is 13.2 Å². The Bertz CT molecular complexity index is 262. The Labute approximate surface area is 89.6 Å². The number of rotatable bonds is 1. The van der Waals surface area contributed by atoms with Crippen molar-refractivity contribution >= 4 is 5.97 Å². The van der Waals surface area contributed by atoms with E-state index in [0.29, 0.717) is 32.5 Å². The van der Waals surface area contributed by atoms with Crippen molar-refractivity contribution in [3.05, 3.63) is 0 Å². The van der Waals surface area contributed by atoms with Crippen molar-refractivity contribution < 1.29 is 19.4 Å². The Balaban J connectivity index is 1.98. The van der Waals surface area contributed by atoms with Gasteiger partial charge in [-0.2, -0.15) is 0 Å². The lowest BCUT2D eigenvalue weighted by atomic mass is 9.94. The summed E-state index contributed by atoms with van der Waals surface area (Å²) in [7, 11) is 0. The first-order valence-electron chi connectivity index (χ1n) is 5.41. The Morgan fingerprint density at radius 1 is 1.33 bits per heavy atom. The number of carboxylic acids is 1. The third-order valence-electron chi connectivity index (χ3n) is 3.22. The van der Waals surface area contributed by atoms with Gasteiger partial charge in [0.25, 0.3) is 0 Å². The molecule has 1 saturated heterocycles. The fraction of sp³-hybridized carbons (Fsp3) is 0.909. The topological polar surface area (TPSA) is 58.6 Å². The van der Waals surface area contributed by atoms with Gasteiger partial charge in [-0.25, -0.2) is 0 Å². The lowest BCUT2D eigenvalue weighted by molar-refractivity contribution is -0.317.